The topological polar surface area (TPSA) is 58.9 Å². The normalized spacial score (nSPS) is 10.4. The first-order chi connectivity index (χ1) is 6.69. The van der Waals surface area contributed by atoms with Gasteiger partial charge in [-0.3, -0.25) is 4.79 Å². The molecule has 14 heavy (non-hydrogen) atoms. The van der Waals surface area contributed by atoms with Crippen LogP contribution in [-0.2, 0) is 0 Å². The lowest BCUT2D eigenvalue weighted by Crippen LogP contribution is -2.03. The van der Waals surface area contributed by atoms with E-state index in [0.717, 1.165) is 10.7 Å². The van der Waals surface area contributed by atoms with Crippen LogP contribution in [0.5, 0.6) is 5.75 Å². The summed E-state index contributed by atoms with van der Waals surface area (Å²) in [6.07, 6.45) is 0.825. The minimum Gasteiger partial charge on any atom is -0.496 e. The summed E-state index contributed by atoms with van der Waals surface area (Å²) < 4.78 is 5.81. The van der Waals surface area contributed by atoms with Gasteiger partial charge in [-0.2, -0.15) is 0 Å². The van der Waals surface area contributed by atoms with E-state index in [1.807, 2.05) is 0 Å². The van der Waals surface area contributed by atoms with Crippen molar-refractivity contribution in [3.05, 3.63) is 28.2 Å². The van der Waals surface area contributed by atoms with Crippen LogP contribution in [-0.4, -0.2) is 24.3 Å². The summed E-state index contributed by atoms with van der Waals surface area (Å²) in [6, 6.07) is 4.96. The maximum Gasteiger partial charge on any atom is 0.211 e. The molecular weight excluding hydrogens is 250 g/mol. The number of hydrogen-bond acceptors (Lipinski definition) is 4. The van der Waals surface area contributed by atoms with Crippen LogP contribution in [0, 0.1) is 0 Å². The first-order valence-electron chi connectivity index (χ1n) is 3.74. The number of nitrogens with zero attached hydrogens (tertiary/aromatic N) is 1. The summed E-state index contributed by atoms with van der Waals surface area (Å²) in [4.78, 5) is 11.3. The number of methoxy groups -OCH3 is 1. The van der Waals surface area contributed by atoms with Crippen molar-refractivity contribution < 1.29 is 14.7 Å². The Bertz CT molecular complexity index is 376. The molecule has 0 bridgehead atoms. The maximum atomic E-state index is 11.3. The van der Waals surface area contributed by atoms with E-state index in [9.17, 15) is 4.79 Å². The van der Waals surface area contributed by atoms with Crippen molar-refractivity contribution >= 4 is 27.9 Å². The van der Waals surface area contributed by atoms with E-state index in [0.29, 0.717) is 11.3 Å². The van der Waals surface area contributed by atoms with Gasteiger partial charge in [-0.05, 0) is 18.2 Å². The third-order valence-electron chi connectivity index (χ3n) is 1.60. The van der Waals surface area contributed by atoms with Gasteiger partial charge in [-0.1, -0.05) is 21.1 Å². The number of oxime groups is 1. The van der Waals surface area contributed by atoms with Crippen LogP contribution in [0.1, 0.15) is 10.4 Å². The Morgan fingerprint density at radius 1 is 1.64 bits per heavy atom. The van der Waals surface area contributed by atoms with E-state index in [1.165, 1.54) is 7.11 Å². The molecule has 0 aromatic heterocycles. The molecule has 0 aliphatic rings. The largest absolute Gasteiger partial charge is 0.496 e. The molecule has 0 radical (unpaired) electrons. The zero-order chi connectivity index (χ0) is 10.6. The van der Waals surface area contributed by atoms with E-state index in [1.54, 1.807) is 18.2 Å². The van der Waals surface area contributed by atoms with Gasteiger partial charge in [-0.25, -0.2) is 0 Å². The number of carbonyl (C=O) groups is 1. The van der Waals surface area contributed by atoms with E-state index in [2.05, 4.69) is 21.1 Å². The fraction of sp³-hybridized carbons (Fsp3) is 0.111. The minimum atomic E-state index is -0.406. The number of carbonyl (C=O) groups excluding carboxylic acids is 1. The molecule has 0 saturated carbocycles. The first-order valence-corrected chi connectivity index (χ1v) is 4.53. The first kappa shape index (κ1) is 10.7. The average molecular weight is 258 g/mol. The van der Waals surface area contributed by atoms with Crippen molar-refractivity contribution in [1.82, 2.24) is 0 Å². The van der Waals surface area contributed by atoms with Gasteiger partial charge in [0.15, 0.2) is 0 Å². The number of hydrogen-bond donors (Lipinski definition) is 1. The molecule has 0 spiro atoms. The van der Waals surface area contributed by atoms with Crippen molar-refractivity contribution in [3.8, 4) is 5.75 Å². The van der Waals surface area contributed by atoms with E-state index in [-0.39, 0.29) is 0 Å². The van der Waals surface area contributed by atoms with Gasteiger partial charge in [0, 0.05) is 4.47 Å². The molecule has 0 atom stereocenters. The van der Waals surface area contributed by atoms with Gasteiger partial charge in [0.25, 0.3) is 0 Å². The smallest absolute Gasteiger partial charge is 0.211 e. The molecule has 0 heterocycles. The number of rotatable bonds is 3. The van der Waals surface area contributed by atoms with Crippen molar-refractivity contribution in [1.29, 1.82) is 0 Å². The van der Waals surface area contributed by atoms with E-state index >= 15 is 0 Å². The zero-order valence-electron chi connectivity index (χ0n) is 7.40. The van der Waals surface area contributed by atoms with Crippen LogP contribution in [0.15, 0.2) is 27.8 Å². The van der Waals surface area contributed by atoms with Gasteiger partial charge in [-0.15, -0.1) is 0 Å². The summed E-state index contributed by atoms with van der Waals surface area (Å²) in [5.41, 5.74) is 0.355. The number of benzene rings is 1. The van der Waals surface area contributed by atoms with Gasteiger partial charge in [0.05, 0.1) is 12.7 Å². The van der Waals surface area contributed by atoms with Crippen molar-refractivity contribution in [2.24, 2.45) is 5.16 Å². The highest BCUT2D eigenvalue weighted by atomic mass is 79.9. The molecular formula is C9H8BrNO3. The summed E-state index contributed by atoms with van der Waals surface area (Å²) in [6.45, 7) is 0. The number of ether oxygens (including phenoxy) is 1. The lowest BCUT2D eigenvalue weighted by molar-refractivity contribution is 0.106. The molecule has 1 N–H and O–H groups in total. The second-order valence-corrected chi connectivity index (χ2v) is 3.37. The van der Waals surface area contributed by atoms with Crippen LogP contribution >= 0.6 is 15.9 Å². The van der Waals surface area contributed by atoms with Crippen molar-refractivity contribution in [2.45, 2.75) is 0 Å². The molecule has 5 heteroatoms. The highest BCUT2D eigenvalue weighted by molar-refractivity contribution is 9.10. The second-order valence-electron chi connectivity index (χ2n) is 2.45. The molecule has 4 nitrogen and oxygen atoms in total. The van der Waals surface area contributed by atoms with Gasteiger partial charge < -0.3 is 9.94 Å². The standard InChI is InChI=1S/C9H8BrNO3/c1-14-9-4-6(10)2-3-7(9)8(12)5-11-13/h2-5,13H,1H3/b11-5-. The molecule has 1 aromatic rings. The molecule has 0 saturated heterocycles. The molecule has 0 amide bonds. The van der Waals surface area contributed by atoms with Crippen molar-refractivity contribution in [3.63, 3.8) is 0 Å². The fourth-order valence-electron chi connectivity index (χ4n) is 0.991. The van der Waals surface area contributed by atoms with Crippen LogP contribution < -0.4 is 4.74 Å². The van der Waals surface area contributed by atoms with E-state index in [4.69, 9.17) is 9.94 Å². The predicted octanol–water partition coefficient (Wildman–Crippen LogP) is 2.10. The third-order valence-corrected chi connectivity index (χ3v) is 2.10. The Hall–Kier alpha value is -1.36. The fourth-order valence-corrected chi connectivity index (χ4v) is 1.33. The quantitative estimate of drug-likeness (QED) is 0.391. The Morgan fingerprint density at radius 3 is 2.93 bits per heavy atom. The van der Waals surface area contributed by atoms with Crippen LogP contribution in [0.3, 0.4) is 0 Å². The Labute approximate surface area is 89.3 Å². The lowest BCUT2D eigenvalue weighted by atomic mass is 10.1. The maximum absolute atomic E-state index is 11.3. The summed E-state index contributed by atoms with van der Waals surface area (Å²) in [5.74, 6) is 0.0288. The monoisotopic (exact) mass is 257 g/mol. The number of ketones is 1. The molecule has 0 aliphatic carbocycles. The van der Waals surface area contributed by atoms with Crippen LogP contribution in [0.4, 0.5) is 0 Å². The molecule has 0 unspecified atom stereocenters. The van der Waals surface area contributed by atoms with Gasteiger partial charge in [0.1, 0.15) is 12.0 Å². The Morgan fingerprint density at radius 2 is 2.36 bits per heavy atom. The molecule has 0 aliphatic heterocycles. The molecule has 74 valence electrons. The third kappa shape index (κ3) is 2.32. The summed E-state index contributed by atoms with van der Waals surface area (Å²) in [5, 5.41) is 10.9. The second kappa shape index (κ2) is 4.76. The highest BCUT2D eigenvalue weighted by Gasteiger charge is 2.10. The van der Waals surface area contributed by atoms with Crippen LogP contribution in [0.2, 0.25) is 0 Å². The van der Waals surface area contributed by atoms with E-state index < -0.39 is 5.78 Å². The Kier molecular flexibility index (Phi) is 3.64. The number of Topliss-reactive ketones (excluding diaryl/α,β-unsaturated/α-hetero) is 1. The summed E-state index contributed by atoms with van der Waals surface area (Å²) >= 11 is 3.25. The number of halogens is 1. The van der Waals surface area contributed by atoms with Gasteiger partial charge in [0.2, 0.25) is 5.78 Å². The Balaban J connectivity index is 3.13. The van der Waals surface area contributed by atoms with Crippen molar-refractivity contribution in [2.75, 3.05) is 7.11 Å². The molecule has 1 rings (SSSR count). The molecule has 1 aromatic carbocycles. The zero-order valence-corrected chi connectivity index (χ0v) is 8.98. The SMILES string of the molecule is COc1cc(Br)ccc1C(=O)/C=N\O. The average Bonchev–Trinajstić information content (AvgIpc) is 2.17. The van der Waals surface area contributed by atoms with Gasteiger partial charge >= 0.3 is 0 Å². The predicted molar refractivity (Wildman–Crippen MR) is 55.3 cm³/mol. The molecule has 0 fully saturated rings. The lowest BCUT2D eigenvalue weighted by Gasteiger charge is -2.04. The minimum absolute atomic E-state index is 0.355. The van der Waals surface area contributed by atoms with Crippen LogP contribution in [0.25, 0.3) is 0 Å². The highest BCUT2D eigenvalue weighted by Crippen LogP contribution is 2.23. The summed E-state index contributed by atoms with van der Waals surface area (Å²) in [7, 11) is 1.47.